The van der Waals surface area contributed by atoms with Crippen LogP contribution in [0.4, 0.5) is 0 Å². The summed E-state index contributed by atoms with van der Waals surface area (Å²) in [4.78, 5) is 19.0. The summed E-state index contributed by atoms with van der Waals surface area (Å²) in [5, 5.41) is 2.88. The minimum absolute atomic E-state index is 0.0501. The molecule has 0 aliphatic rings. The molecule has 0 saturated carbocycles. The first-order valence-corrected chi connectivity index (χ1v) is 5.11. The van der Waals surface area contributed by atoms with E-state index in [1.165, 1.54) is 0 Å². The average Bonchev–Trinajstić information content (AvgIpc) is 2.39. The highest BCUT2D eigenvalue weighted by atomic mass is 16.2. The van der Waals surface area contributed by atoms with E-state index < -0.39 is 0 Å². The van der Waals surface area contributed by atoms with Crippen LogP contribution in [0, 0.1) is 19.3 Å². The number of H-pyrrole nitrogens is 1. The Labute approximate surface area is 90.5 Å². The number of rotatable bonds is 2. The molecule has 1 rings (SSSR count). The summed E-state index contributed by atoms with van der Waals surface area (Å²) in [5.74, 6) is 0.932. The van der Waals surface area contributed by atoms with Crippen molar-refractivity contribution in [1.82, 2.24) is 15.3 Å². The summed E-state index contributed by atoms with van der Waals surface area (Å²) >= 11 is 0. The smallest absolute Gasteiger partial charge is 0.225 e. The van der Waals surface area contributed by atoms with Gasteiger partial charge in [0.05, 0.1) is 17.9 Å². The van der Waals surface area contributed by atoms with Gasteiger partial charge in [-0.15, -0.1) is 0 Å². The number of carbonyl (C=O) groups excluding carboxylic acids is 1. The lowest BCUT2D eigenvalue weighted by Gasteiger charge is -2.17. The summed E-state index contributed by atoms with van der Waals surface area (Å²) in [6, 6.07) is 0. The van der Waals surface area contributed by atoms with E-state index in [4.69, 9.17) is 0 Å². The molecule has 0 aliphatic heterocycles. The van der Waals surface area contributed by atoms with Gasteiger partial charge in [-0.25, -0.2) is 4.98 Å². The normalized spacial score (nSPS) is 11.5. The molecule has 4 heteroatoms. The Balaban J connectivity index is 2.58. The SMILES string of the molecule is Cc1nc(C)c(CNC(=O)C(C)(C)C)[nH]1. The average molecular weight is 209 g/mol. The molecule has 0 atom stereocenters. The lowest BCUT2D eigenvalue weighted by Crippen LogP contribution is -2.34. The fourth-order valence-electron chi connectivity index (χ4n) is 1.26. The molecule has 0 saturated heterocycles. The van der Waals surface area contributed by atoms with Crippen molar-refractivity contribution in [3.63, 3.8) is 0 Å². The quantitative estimate of drug-likeness (QED) is 0.778. The van der Waals surface area contributed by atoms with Crippen molar-refractivity contribution in [2.75, 3.05) is 0 Å². The van der Waals surface area contributed by atoms with Crippen LogP contribution in [0.5, 0.6) is 0 Å². The molecule has 0 radical (unpaired) electrons. The van der Waals surface area contributed by atoms with Gasteiger partial charge in [-0.2, -0.15) is 0 Å². The summed E-state index contributed by atoms with van der Waals surface area (Å²) in [6.45, 7) is 10.0. The zero-order chi connectivity index (χ0) is 11.6. The van der Waals surface area contributed by atoms with Crippen molar-refractivity contribution in [1.29, 1.82) is 0 Å². The number of nitrogens with one attached hydrogen (secondary N) is 2. The van der Waals surface area contributed by atoms with Crippen molar-refractivity contribution in [3.05, 3.63) is 17.2 Å². The van der Waals surface area contributed by atoms with Gasteiger partial charge in [-0.05, 0) is 13.8 Å². The first kappa shape index (κ1) is 11.8. The Morgan fingerprint density at radius 3 is 2.40 bits per heavy atom. The summed E-state index contributed by atoms with van der Waals surface area (Å²) in [6.07, 6.45) is 0. The number of aromatic amines is 1. The third-order valence-electron chi connectivity index (χ3n) is 2.21. The van der Waals surface area contributed by atoms with Crippen molar-refractivity contribution in [3.8, 4) is 0 Å². The Morgan fingerprint density at radius 2 is 2.00 bits per heavy atom. The van der Waals surface area contributed by atoms with Crippen LogP contribution in [0.25, 0.3) is 0 Å². The molecule has 0 spiro atoms. The van der Waals surface area contributed by atoms with E-state index in [1.54, 1.807) is 0 Å². The summed E-state index contributed by atoms with van der Waals surface area (Å²) < 4.78 is 0. The van der Waals surface area contributed by atoms with E-state index in [-0.39, 0.29) is 11.3 Å². The predicted octanol–water partition coefficient (Wildman–Crippen LogP) is 1.69. The Morgan fingerprint density at radius 1 is 1.40 bits per heavy atom. The third-order valence-corrected chi connectivity index (χ3v) is 2.21. The van der Waals surface area contributed by atoms with Crippen LogP contribution in [0.2, 0.25) is 0 Å². The van der Waals surface area contributed by atoms with Crippen LogP contribution < -0.4 is 5.32 Å². The van der Waals surface area contributed by atoms with E-state index >= 15 is 0 Å². The van der Waals surface area contributed by atoms with Gasteiger partial charge in [-0.3, -0.25) is 4.79 Å². The second-order valence-electron chi connectivity index (χ2n) is 4.82. The second-order valence-corrected chi connectivity index (χ2v) is 4.82. The molecule has 0 aliphatic carbocycles. The monoisotopic (exact) mass is 209 g/mol. The molecule has 2 N–H and O–H groups in total. The highest BCUT2D eigenvalue weighted by molar-refractivity contribution is 5.81. The molecular weight excluding hydrogens is 190 g/mol. The molecule has 1 aromatic heterocycles. The van der Waals surface area contributed by atoms with Crippen molar-refractivity contribution < 1.29 is 4.79 Å². The molecule has 1 heterocycles. The molecular formula is C11H19N3O. The van der Waals surface area contributed by atoms with Gasteiger partial charge in [0, 0.05) is 5.41 Å². The van der Waals surface area contributed by atoms with Gasteiger partial charge < -0.3 is 10.3 Å². The van der Waals surface area contributed by atoms with Crippen molar-refractivity contribution in [2.24, 2.45) is 5.41 Å². The van der Waals surface area contributed by atoms with E-state index in [1.807, 2.05) is 34.6 Å². The first-order chi connectivity index (χ1) is 6.80. The standard InChI is InChI=1S/C11H19N3O/c1-7-9(14-8(2)13-7)6-12-10(15)11(3,4)5/h6H2,1-5H3,(H,12,15)(H,13,14). The molecule has 1 amide bonds. The molecule has 0 unspecified atom stereocenters. The van der Waals surface area contributed by atoms with Gasteiger partial charge >= 0.3 is 0 Å². The van der Waals surface area contributed by atoms with Crippen molar-refractivity contribution >= 4 is 5.91 Å². The summed E-state index contributed by atoms with van der Waals surface area (Å²) in [5.41, 5.74) is 1.58. The van der Waals surface area contributed by atoms with E-state index in [0.29, 0.717) is 6.54 Å². The fourth-order valence-corrected chi connectivity index (χ4v) is 1.26. The van der Waals surface area contributed by atoms with Crippen molar-refractivity contribution in [2.45, 2.75) is 41.2 Å². The van der Waals surface area contributed by atoms with Crippen LogP contribution in [-0.2, 0) is 11.3 Å². The van der Waals surface area contributed by atoms with Gasteiger partial charge in [0.1, 0.15) is 5.82 Å². The fraction of sp³-hybridized carbons (Fsp3) is 0.636. The van der Waals surface area contributed by atoms with Crippen LogP contribution in [0.15, 0.2) is 0 Å². The number of nitrogens with zero attached hydrogens (tertiary/aromatic N) is 1. The minimum atomic E-state index is -0.344. The molecule has 15 heavy (non-hydrogen) atoms. The zero-order valence-corrected chi connectivity index (χ0v) is 10.1. The number of amides is 1. The second kappa shape index (κ2) is 4.04. The molecule has 0 bridgehead atoms. The Kier molecular flexibility index (Phi) is 3.17. The molecule has 1 aromatic rings. The third kappa shape index (κ3) is 3.08. The minimum Gasteiger partial charge on any atom is -0.350 e. The number of carbonyl (C=O) groups is 1. The topological polar surface area (TPSA) is 57.8 Å². The maximum absolute atomic E-state index is 11.6. The molecule has 84 valence electrons. The maximum Gasteiger partial charge on any atom is 0.225 e. The lowest BCUT2D eigenvalue weighted by atomic mass is 9.96. The van der Waals surface area contributed by atoms with E-state index in [2.05, 4.69) is 15.3 Å². The van der Waals surface area contributed by atoms with Crippen LogP contribution in [-0.4, -0.2) is 15.9 Å². The number of imidazole rings is 1. The van der Waals surface area contributed by atoms with Crippen LogP contribution in [0.3, 0.4) is 0 Å². The lowest BCUT2D eigenvalue weighted by molar-refractivity contribution is -0.128. The van der Waals surface area contributed by atoms with Gasteiger partial charge in [0.15, 0.2) is 0 Å². The highest BCUT2D eigenvalue weighted by Gasteiger charge is 2.20. The number of aryl methyl sites for hydroxylation is 2. The van der Waals surface area contributed by atoms with E-state index in [9.17, 15) is 4.79 Å². The van der Waals surface area contributed by atoms with E-state index in [0.717, 1.165) is 17.2 Å². The van der Waals surface area contributed by atoms with Gasteiger partial charge in [0.25, 0.3) is 0 Å². The van der Waals surface area contributed by atoms with Gasteiger partial charge in [0.2, 0.25) is 5.91 Å². The van der Waals surface area contributed by atoms with Gasteiger partial charge in [-0.1, -0.05) is 20.8 Å². The number of hydrogen-bond donors (Lipinski definition) is 2. The maximum atomic E-state index is 11.6. The Bertz CT molecular complexity index is 360. The number of hydrogen-bond acceptors (Lipinski definition) is 2. The first-order valence-electron chi connectivity index (χ1n) is 5.11. The predicted molar refractivity (Wildman–Crippen MR) is 59.4 cm³/mol. The molecule has 0 aromatic carbocycles. The molecule has 0 fully saturated rings. The van der Waals surface area contributed by atoms with Crippen LogP contribution in [0.1, 0.15) is 38.0 Å². The highest BCUT2D eigenvalue weighted by Crippen LogP contribution is 2.13. The Hall–Kier alpha value is -1.32. The number of aromatic nitrogens is 2. The molecule has 4 nitrogen and oxygen atoms in total. The summed E-state index contributed by atoms with van der Waals surface area (Å²) in [7, 11) is 0. The van der Waals surface area contributed by atoms with Crippen LogP contribution >= 0.6 is 0 Å². The largest absolute Gasteiger partial charge is 0.350 e. The zero-order valence-electron chi connectivity index (χ0n) is 10.1.